The molecule has 1 N–H and O–H groups in total. The van der Waals surface area contributed by atoms with E-state index >= 15 is 0 Å². The van der Waals surface area contributed by atoms with Crippen molar-refractivity contribution in [2.45, 2.75) is 18.9 Å². The van der Waals surface area contributed by atoms with Crippen LogP contribution in [0.25, 0.3) is 0 Å². The highest BCUT2D eigenvalue weighted by Crippen LogP contribution is 2.26. The molecule has 1 heterocycles. The van der Waals surface area contributed by atoms with Gasteiger partial charge in [0.2, 0.25) is 0 Å². The number of benzene rings is 1. The topological polar surface area (TPSA) is 42.4 Å². The number of aryl methyl sites for hydroxylation is 1. The van der Waals surface area contributed by atoms with E-state index in [1.165, 1.54) is 5.56 Å². The first kappa shape index (κ1) is 12.6. The van der Waals surface area contributed by atoms with Gasteiger partial charge in [0.15, 0.2) is 0 Å². The van der Waals surface area contributed by atoms with Crippen LogP contribution in [0, 0.1) is 0 Å². The van der Waals surface area contributed by atoms with Gasteiger partial charge in [-0.1, -0.05) is 30.3 Å². The summed E-state index contributed by atoms with van der Waals surface area (Å²) >= 11 is 0. The van der Waals surface area contributed by atoms with E-state index in [9.17, 15) is 5.11 Å². The van der Waals surface area contributed by atoms with Gasteiger partial charge >= 0.3 is 0 Å². The molecular weight excluding hydrogens is 226 g/mol. The molecule has 94 valence electrons. The summed E-state index contributed by atoms with van der Waals surface area (Å²) in [6.07, 6.45) is 4.28. The van der Waals surface area contributed by atoms with E-state index < -0.39 is 6.10 Å². The van der Waals surface area contributed by atoms with Crippen molar-refractivity contribution in [2.75, 3.05) is 7.11 Å². The molecule has 1 atom stereocenters. The van der Waals surface area contributed by atoms with Gasteiger partial charge in [0.05, 0.1) is 19.4 Å². The predicted molar refractivity (Wildman–Crippen MR) is 70.5 cm³/mol. The third kappa shape index (κ3) is 3.08. The second kappa shape index (κ2) is 6.17. The van der Waals surface area contributed by atoms with Crippen LogP contribution < -0.4 is 4.74 Å². The lowest BCUT2D eigenvalue weighted by molar-refractivity contribution is 0.163. The number of hydrogen-bond acceptors (Lipinski definition) is 3. The zero-order valence-corrected chi connectivity index (χ0v) is 10.4. The SMILES string of the molecule is COc1cnccc1C(O)CCc1ccccc1. The summed E-state index contributed by atoms with van der Waals surface area (Å²) in [5.74, 6) is 0.637. The minimum absolute atomic E-state index is 0.525. The monoisotopic (exact) mass is 243 g/mol. The van der Waals surface area contributed by atoms with Crippen LogP contribution in [0.2, 0.25) is 0 Å². The Morgan fingerprint density at radius 3 is 2.72 bits per heavy atom. The van der Waals surface area contributed by atoms with E-state index in [1.54, 1.807) is 25.6 Å². The predicted octanol–water partition coefficient (Wildman–Crippen LogP) is 2.76. The van der Waals surface area contributed by atoms with Crippen molar-refractivity contribution in [1.82, 2.24) is 4.98 Å². The summed E-state index contributed by atoms with van der Waals surface area (Å²) in [6, 6.07) is 11.9. The summed E-state index contributed by atoms with van der Waals surface area (Å²) in [5, 5.41) is 10.2. The van der Waals surface area contributed by atoms with Crippen molar-refractivity contribution >= 4 is 0 Å². The number of ether oxygens (including phenoxy) is 1. The molecule has 18 heavy (non-hydrogen) atoms. The standard InChI is InChI=1S/C15H17NO2/c1-18-15-11-16-10-9-13(15)14(17)8-7-12-5-3-2-4-6-12/h2-6,9-11,14,17H,7-8H2,1H3. The van der Waals surface area contributed by atoms with E-state index in [2.05, 4.69) is 17.1 Å². The van der Waals surface area contributed by atoms with Crippen LogP contribution >= 0.6 is 0 Å². The Hall–Kier alpha value is -1.87. The number of aliphatic hydroxyl groups excluding tert-OH is 1. The quantitative estimate of drug-likeness (QED) is 0.878. The van der Waals surface area contributed by atoms with Crippen molar-refractivity contribution in [2.24, 2.45) is 0 Å². The highest BCUT2D eigenvalue weighted by atomic mass is 16.5. The van der Waals surface area contributed by atoms with Crippen LogP contribution in [0.4, 0.5) is 0 Å². The van der Waals surface area contributed by atoms with E-state index in [4.69, 9.17) is 4.74 Å². The average Bonchev–Trinajstić information content (AvgIpc) is 2.45. The Bertz CT molecular complexity index is 485. The lowest BCUT2D eigenvalue weighted by Gasteiger charge is -2.14. The number of rotatable bonds is 5. The highest BCUT2D eigenvalue weighted by Gasteiger charge is 2.12. The zero-order chi connectivity index (χ0) is 12.8. The molecule has 0 aliphatic carbocycles. The maximum absolute atomic E-state index is 10.2. The van der Waals surface area contributed by atoms with Crippen molar-refractivity contribution < 1.29 is 9.84 Å². The Morgan fingerprint density at radius 1 is 1.22 bits per heavy atom. The summed E-state index contributed by atoms with van der Waals surface area (Å²) < 4.78 is 5.20. The molecule has 1 aromatic heterocycles. The minimum Gasteiger partial charge on any atom is -0.495 e. The molecule has 3 heteroatoms. The third-order valence-electron chi connectivity index (χ3n) is 2.94. The number of methoxy groups -OCH3 is 1. The second-order valence-electron chi connectivity index (χ2n) is 4.16. The van der Waals surface area contributed by atoms with Crippen molar-refractivity contribution in [3.05, 3.63) is 59.9 Å². The first-order chi connectivity index (χ1) is 8.81. The summed E-state index contributed by atoms with van der Waals surface area (Å²) in [7, 11) is 1.59. The van der Waals surface area contributed by atoms with Crippen LogP contribution in [0.3, 0.4) is 0 Å². The van der Waals surface area contributed by atoms with Crippen LogP contribution in [0.5, 0.6) is 5.75 Å². The fourth-order valence-electron chi connectivity index (χ4n) is 1.94. The van der Waals surface area contributed by atoms with Gasteiger partial charge in [-0.25, -0.2) is 0 Å². The number of pyridine rings is 1. The molecule has 2 aromatic rings. The minimum atomic E-state index is -0.525. The molecular formula is C15H17NO2. The lowest BCUT2D eigenvalue weighted by atomic mass is 10.0. The maximum atomic E-state index is 10.2. The van der Waals surface area contributed by atoms with Gasteiger partial charge in [-0.3, -0.25) is 4.98 Å². The lowest BCUT2D eigenvalue weighted by Crippen LogP contribution is -2.02. The molecule has 0 aliphatic rings. The zero-order valence-electron chi connectivity index (χ0n) is 10.4. The van der Waals surface area contributed by atoms with Gasteiger partial charge < -0.3 is 9.84 Å². The maximum Gasteiger partial charge on any atom is 0.142 e. The number of hydrogen-bond donors (Lipinski definition) is 1. The number of aromatic nitrogens is 1. The third-order valence-corrected chi connectivity index (χ3v) is 2.94. The van der Waals surface area contributed by atoms with Gasteiger partial charge in [0.1, 0.15) is 5.75 Å². The molecule has 0 spiro atoms. The van der Waals surface area contributed by atoms with Gasteiger partial charge in [-0.05, 0) is 24.5 Å². The fraction of sp³-hybridized carbons (Fsp3) is 0.267. The molecule has 0 amide bonds. The smallest absolute Gasteiger partial charge is 0.142 e. The normalized spacial score (nSPS) is 12.1. The van der Waals surface area contributed by atoms with E-state index in [0.717, 1.165) is 12.0 Å². The van der Waals surface area contributed by atoms with Crippen molar-refractivity contribution in [3.8, 4) is 5.75 Å². The second-order valence-corrected chi connectivity index (χ2v) is 4.16. The van der Waals surface area contributed by atoms with Gasteiger partial charge in [0.25, 0.3) is 0 Å². The summed E-state index contributed by atoms with van der Waals surface area (Å²) in [6.45, 7) is 0. The average molecular weight is 243 g/mol. The summed E-state index contributed by atoms with van der Waals surface area (Å²) in [5.41, 5.74) is 2.02. The van der Waals surface area contributed by atoms with E-state index in [0.29, 0.717) is 12.2 Å². The largest absolute Gasteiger partial charge is 0.495 e. The van der Waals surface area contributed by atoms with Crippen LogP contribution in [-0.4, -0.2) is 17.2 Å². The van der Waals surface area contributed by atoms with E-state index in [-0.39, 0.29) is 0 Å². The first-order valence-corrected chi connectivity index (χ1v) is 6.01. The molecule has 0 aliphatic heterocycles. The molecule has 0 radical (unpaired) electrons. The molecule has 0 saturated carbocycles. The van der Waals surface area contributed by atoms with Crippen molar-refractivity contribution in [3.63, 3.8) is 0 Å². The highest BCUT2D eigenvalue weighted by molar-refractivity contribution is 5.31. The number of nitrogens with zero attached hydrogens (tertiary/aromatic N) is 1. The molecule has 0 saturated heterocycles. The van der Waals surface area contributed by atoms with Crippen LogP contribution in [0.1, 0.15) is 23.7 Å². The van der Waals surface area contributed by atoms with E-state index in [1.807, 2.05) is 18.2 Å². The van der Waals surface area contributed by atoms with Crippen LogP contribution in [-0.2, 0) is 6.42 Å². The Balaban J connectivity index is 2.01. The molecule has 3 nitrogen and oxygen atoms in total. The molecule has 0 bridgehead atoms. The number of aliphatic hydroxyl groups is 1. The summed E-state index contributed by atoms with van der Waals surface area (Å²) in [4.78, 5) is 3.98. The molecule has 1 unspecified atom stereocenters. The van der Waals surface area contributed by atoms with Crippen molar-refractivity contribution in [1.29, 1.82) is 0 Å². The van der Waals surface area contributed by atoms with Gasteiger partial charge in [0, 0.05) is 11.8 Å². The van der Waals surface area contributed by atoms with Gasteiger partial charge in [-0.2, -0.15) is 0 Å². The van der Waals surface area contributed by atoms with Gasteiger partial charge in [-0.15, -0.1) is 0 Å². The Morgan fingerprint density at radius 2 is 2.00 bits per heavy atom. The molecule has 1 aromatic carbocycles. The fourth-order valence-corrected chi connectivity index (χ4v) is 1.94. The molecule has 2 rings (SSSR count). The molecule has 0 fully saturated rings. The Labute approximate surface area is 107 Å². The van der Waals surface area contributed by atoms with Crippen LogP contribution in [0.15, 0.2) is 48.8 Å². The Kier molecular flexibility index (Phi) is 4.31. The first-order valence-electron chi connectivity index (χ1n) is 6.01.